The highest BCUT2D eigenvalue weighted by molar-refractivity contribution is 7.92. The molecule has 2 N–H and O–H groups in total. The monoisotopic (exact) mass is 1080 g/mol. The molecule has 0 radical (unpaired) electrons. The number of carbonyl (C=O) groups excluding carboxylic acids is 2. The van der Waals surface area contributed by atoms with E-state index < -0.39 is 167 Å². The van der Waals surface area contributed by atoms with Gasteiger partial charge in [0.05, 0.1) is 38.7 Å². The molecule has 1 aliphatic rings. The molecule has 2 amide bonds. The second-order valence-electron chi connectivity index (χ2n) is 17.1. The third kappa shape index (κ3) is 12.2. The molecule has 0 saturated heterocycles. The average molecular weight is 1080 g/mol. The number of sulfone groups is 1. The molecule has 0 saturated carbocycles. The van der Waals surface area contributed by atoms with Crippen molar-refractivity contribution in [2.24, 2.45) is 0 Å². The maximum atomic E-state index is 15.4. The number of benzene rings is 2. The molecule has 3 heterocycles. The summed E-state index contributed by atoms with van der Waals surface area (Å²) in [7, 11) is -8.72. The average Bonchev–Trinajstić information content (AvgIpc) is 3.77. The van der Waals surface area contributed by atoms with Gasteiger partial charge < -0.3 is 15.2 Å². The van der Waals surface area contributed by atoms with Crippen LogP contribution in [0.15, 0.2) is 42.5 Å². The smallest absolute Gasteiger partial charge is 0.435 e. The number of carbonyl (C=O) groups is 3. The van der Waals surface area contributed by atoms with Crippen molar-refractivity contribution in [2.75, 3.05) is 23.4 Å². The summed E-state index contributed by atoms with van der Waals surface area (Å²) in [5, 5.41) is 17.4. The Morgan fingerprint density at radius 2 is 1.58 bits per heavy atom. The SMILES string of the molecule is CC(C)(CCc1ccc(-c2ccc(Cl)c3c(N(C(=O)OCC(=O)O)S(C)(=O)=O)nn(CC(F)(F)F)c23)c([C@H](Cc2cc(F)cc(F)c2)NC(=O)Cn2nc(C(F)(F)F)c3c2C(F)(F)CCC3)n1)S(C)(=O)=O. The molecule has 0 bridgehead atoms. The Bertz CT molecular complexity index is 3140. The number of aliphatic carboxylic acids is 1. The second-order valence-corrected chi connectivity index (χ2v) is 22.0. The van der Waals surface area contributed by atoms with Crippen LogP contribution in [-0.2, 0) is 78.6 Å². The van der Waals surface area contributed by atoms with E-state index in [0.29, 0.717) is 12.3 Å². The van der Waals surface area contributed by atoms with Crippen molar-refractivity contribution in [2.45, 2.75) is 94.5 Å². The number of pyridine rings is 1. The van der Waals surface area contributed by atoms with Crippen molar-refractivity contribution in [1.82, 2.24) is 29.9 Å². The van der Waals surface area contributed by atoms with Crippen LogP contribution in [-0.4, -0.2) is 94.5 Å². The lowest BCUT2D eigenvalue weighted by molar-refractivity contribution is -0.143. The number of carboxylic acids is 1. The van der Waals surface area contributed by atoms with E-state index in [0.717, 1.165) is 30.5 Å². The van der Waals surface area contributed by atoms with Crippen LogP contribution < -0.4 is 9.62 Å². The fourth-order valence-electron chi connectivity index (χ4n) is 7.88. The molecule has 0 unspecified atom stereocenters. The number of fused-ring (bicyclic) bond motifs is 2. The standard InChI is InChI=1S/C42H40ClF10N7O9S2/c1-39(2,70(3,65)66)13-11-24-7-8-25(26-9-10-28(43)32-34(26)59(20-41(48,49)50)57-37(32)60(71(4,67)68)38(64)69-19-31(62)63)33(54-24)29(16-21-14-22(44)17-23(45)15-21)55-30(61)18-58-36-27(6-5-12-40(36,46)47)35(56-58)42(51,52)53/h7-10,14-15,17,29H,5-6,11-13,16,18-20H2,1-4H3,(H,55,61)(H,62,63)/t29-/m0/s1. The number of aryl methyl sites for hydroxylation is 1. The third-order valence-corrected chi connectivity index (χ3v) is 14.8. The van der Waals surface area contributed by atoms with Gasteiger partial charge in [-0.2, -0.15) is 49.6 Å². The lowest BCUT2D eigenvalue weighted by atomic mass is 9.92. The molecule has 0 aliphatic heterocycles. The number of sulfonamides is 1. The minimum atomic E-state index is -5.24. The van der Waals surface area contributed by atoms with Crippen molar-refractivity contribution in [3.63, 3.8) is 0 Å². The van der Waals surface area contributed by atoms with Gasteiger partial charge in [-0.15, -0.1) is 0 Å². The van der Waals surface area contributed by atoms with Gasteiger partial charge in [-0.1, -0.05) is 23.7 Å². The van der Waals surface area contributed by atoms with E-state index in [1.54, 1.807) is 0 Å². The summed E-state index contributed by atoms with van der Waals surface area (Å²) in [4.78, 5) is 43.2. The highest BCUT2D eigenvalue weighted by Crippen LogP contribution is 2.46. The highest BCUT2D eigenvalue weighted by Gasteiger charge is 2.48. The van der Waals surface area contributed by atoms with E-state index in [1.807, 2.05) is 0 Å². The predicted octanol–water partition coefficient (Wildman–Crippen LogP) is 8.08. The Labute approximate surface area is 401 Å². The molecule has 16 nitrogen and oxygen atoms in total. The van der Waals surface area contributed by atoms with Gasteiger partial charge in [0.15, 0.2) is 28.0 Å². The van der Waals surface area contributed by atoms with E-state index in [2.05, 4.69) is 25.2 Å². The predicted molar refractivity (Wildman–Crippen MR) is 233 cm³/mol. The lowest BCUT2D eigenvalue weighted by Crippen LogP contribution is -2.38. The van der Waals surface area contributed by atoms with Crippen LogP contribution in [0.5, 0.6) is 0 Å². The van der Waals surface area contributed by atoms with Crippen LogP contribution in [0, 0.1) is 11.6 Å². The number of nitrogens with zero attached hydrogens (tertiary/aromatic N) is 6. The van der Waals surface area contributed by atoms with E-state index in [-0.39, 0.29) is 49.8 Å². The zero-order valence-corrected chi connectivity index (χ0v) is 39.7. The maximum absolute atomic E-state index is 15.4. The molecule has 0 fully saturated rings. The van der Waals surface area contributed by atoms with E-state index in [9.17, 15) is 66.3 Å². The number of nitrogens with one attached hydrogen (secondary N) is 1. The fraction of sp³-hybridized carbons (Fsp3) is 0.429. The van der Waals surface area contributed by atoms with Crippen LogP contribution in [0.3, 0.4) is 0 Å². The van der Waals surface area contributed by atoms with E-state index in [4.69, 9.17) is 16.7 Å². The van der Waals surface area contributed by atoms with Gasteiger partial charge in [0.1, 0.15) is 30.4 Å². The molecule has 6 rings (SSSR count). The van der Waals surface area contributed by atoms with Gasteiger partial charge in [-0.3, -0.25) is 19.1 Å². The Kier molecular flexibility index (Phi) is 14.9. The zero-order valence-electron chi connectivity index (χ0n) is 37.4. The van der Waals surface area contributed by atoms with Gasteiger partial charge in [-0.25, -0.2) is 35.2 Å². The van der Waals surface area contributed by atoms with Crippen LogP contribution in [0.2, 0.25) is 5.02 Å². The quantitative estimate of drug-likeness (QED) is 0.0898. The first-order chi connectivity index (χ1) is 32.6. The molecule has 5 aromatic rings. The van der Waals surface area contributed by atoms with E-state index >= 15 is 8.78 Å². The van der Waals surface area contributed by atoms with Gasteiger partial charge in [-0.05, 0) is 75.8 Å². The zero-order chi connectivity index (χ0) is 53.0. The molecular weight excluding hydrogens is 1040 g/mol. The number of halogens is 11. The molecule has 1 atom stereocenters. The van der Waals surface area contributed by atoms with Gasteiger partial charge >= 0.3 is 24.4 Å². The summed E-state index contributed by atoms with van der Waals surface area (Å²) in [6, 6.07) is 4.84. The number of rotatable bonds is 16. The van der Waals surface area contributed by atoms with E-state index in [1.165, 1.54) is 26.0 Å². The summed E-state index contributed by atoms with van der Waals surface area (Å²) in [5.41, 5.74) is -5.79. The second kappa shape index (κ2) is 19.5. The minimum Gasteiger partial charge on any atom is -0.479 e. The Balaban J connectivity index is 1.63. The van der Waals surface area contributed by atoms with Crippen molar-refractivity contribution in [3.8, 4) is 11.1 Å². The summed E-state index contributed by atoms with van der Waals surface area (Å²) < 4.78 is 201. The summed E-state index contributed by atoms with van der Waals surface area (Å²) in [6.07, 6.45) is -13.8. The van der Waals surface area contributed by atoms with Crippen LogP contribution >= 0.6 is 11.6 Å². The normalized spacial score (nSPS) is 14.8. The fourth-order valence-corrected chi connectivity index (χ4v) is 9.36. The Hall–Kier alpha value is -6.03. The number of carboxylic acid groups (broad SMARTS) is 1. The van der Waals surface area contributed by atoms with Gasteiger partial charge in [0.2, 0.25) is 15.9 Å². The van der Waals surface area contributed by atoms with Gasteiger partial charge in [0.25, 0.3) is 5.92 Å². The molecule has 29 heteroatoms. The largest absolute Gasteiger partial charge is 0.479 e. The number of hydrogen-bond donors (Lipinski definition) is 2. The molecule has 2 aromatic carbocycles. The topological polar surface area (TPSA) is 213 Å². The van der Waals surface area contributed by atoms with Crippen LogP contribution in [0.1, 0.15) is 73.1 Å². The van der Waals surface area contributed by atoms with Crippen molar-refractivity contribution >= 4 is 66.2 Å². The Morgan fingerprint density at radius 3 is 2.15 bits per heavy atom. The molecule has 3 aromatic heterocycles. The first-order valence-corrected chi connectivity index (χ1v) is 24.8. The minimum absolute atomic E-state index is 0.0138. The first kappa shape index (κ1) is 54.3. The van der Waals surface area contributed by atoms with Crippen molar-refractivity contribution in [1.29, 1.82) is 0 Å². The van der Waals surface area contributed by atoms with Crippen molar-refractivity contribution in [3.05, 3.63) is 93.0 Å². The van der Waals surface area contributed by atoms with Gasteiger partial charge in [0, 0.05) is 41.1 Å². The van der Waals surface area contributed by atoms with Crippen LogP contribution in [0.25, 0.3) is 22.0 Å². The molecule has 0 spiro atoms. The highest BCUT2D eigenvalue weighted by atomic mass is 35.5. The summed E-state index contributed by atoms with van der Waals surface area (Å²) in [6.45, 7) is -2.01. The molecule has 1 aliphatic carbocycles. The van der Waals surface area contributed by atoms with Crippen molar-refractivity contribution < 1.29 is 85.0 Å². The van der Waals surface area contributed by atoms with Crippen LogP contribution in [0.4, 0.5) is 54.5 Å². The third-order valence-electron chi connectivity index (χ3n) is 11.3. The number of hydrogen-bond acceptors (Lipinski definition) is 11. The summed E-state index contributed by atoms with van der Waals surface area (Å²) in [5.74, 6) is -10.4. The maximum Gasteiger partial charge on any atom is 0.435 e. The number of ether oxygens (including phenoxy) is 1. The molecule has 386 valence electrons. The number of alkyl halides is 8. The molecular formula is C42H40ClF10N7O9S2. The number of amides is 2. The number of aromatic nitrogens is 5. The first-order valence-electron chi connectivity index (χ1n) is 20.7. The number of anilines is 1. The summed E-state index contributed by atoms with van der Waals surface area (Å²) >= 11 is 6.54. The lowest BCUT2D eigenvalue weighted by Gasteiger charge is -2.26. The Morgan fingerprint density at radius 1 is 0.944 bits per heavy atom. The molecule has 71 heavy (non-hydrogen) atoms.